The van der Waals surface area contributed by atoms with Gasteiger partial charge in [0.15, 0.2) is 0 Å². The number of piperazine rings is 1. The zero-order chi connectivity index (χ0) is 14.6. The molecule has 112 valence electrons. The van der Waals surface area contributed by atoms with E-state index in [4.69, 9.17) is 4.55 Å². The number of nitrogens with zero attached hydrogens (tertiary/aromatic N) is 2. The molecule has 1 aromatic rings. The van der Waals surface area contributed by atoms with Crippen LogP contribution in [-0.2, 0) is 10.1 Å². The maximum absolute atomic E-state index is 10.7. The van der Waals surface area contributed by atoms with E-state index in [1.54, 1.807) is 0 Å². The first-order valence-corrected chi connectivity index (χ1v) is 8.54. The Labute approximate surface area is 120 Å². The van der Waals surface area contributed by atoms with Crippen molar-refractivity contribution in [3.8, 4) is 0 Å². The lowest BCUT2D eigenvalue weighted by Gasteiger charge is -2.36. The van der Waals surface area contributed by atoms with Gasteiger partial charge in [-0.1, -0.05) is 17.7 Å². The summed E-state index contributed by atoms with van der Waals surface area (Å²) in [5.41, 5.74) is 2.51. The third-order valence-corrected chi connectivity index (χ3v) is 4.45. The van der Waals surface area contributed by atoms with Gasteiger partial charge in [0.1, 0.15) is 0 Å². The van der Waals surface area contributed by atoms with Crippen molar-refractivity contribution < 1.29 is 13.0 Å². The number of aryl methyl sites for hydroxylation is 1. The van der Waals surface area contributed by atoms with Gasteiger partial charge in [-0.3, -0.25) is 9.45 Å². The van der Waals surface area contributed by atoms with Crippen LogP contribution >= 0.6 is 0 Å². The summed E-state index contributed by atoms with van der Waals surface area (Å²) in [7, 11) is -3.82. The summed E-state index contributed by atoms with van der Waals surface area (Å²) in [5.74, 6) is -0.148. The first-order valence-electron chi connectivity index (χ1n) is 6.93. The van der Waals surface area contributed by atoms with Crippen molar-refractivity contribution >= 4 is 15.8 Å². The molecule has 0 aliphatic carbocycles. The summed E-state index contributed by atoms with van der Waals surface area (Å²) < 4.78 is 30.0. The van der Waals surface area contributed by atoms with Gasteiger partial charge in [0.25, 0.3) is 10.1 Å². The van der Waals surface area contributed by atoms with Crippen LogP contribution in [0, 0.1) is 6.92 Å². The van der Waals surface area contributed by atoms with Gasteiger partial charge in [-0.2, -0.15) is 8.42 Å². The normalized spacial score (nSPS) is 17.4. The van der Waals surface area contributed by atoms with Crippen LogP contribution in [0.15, 0.2) is 24.3 Å². The van der Waals surface area contributed by atoms with Crippen molar-refractivity contribution in [2.75, 3.05) is 43.4 Å². The van der Waals surface area contributed by atoms with Crippen LogP contribution in [0.2, 0.25) is 0 Å². The molecule has 1 heterocycles. The average Bonchev–Trinajstić information content (AvgIpc) is 2.39. The van der Waals surface area contributed by atoms with E-state index in [0.29, 0.717) is 6.42 Å². The van der Waals surface area contributed by atoms with Crippen LogP contribution in [-0.4, -0.2) is 56.3 Å². The lowest BCUT2D eigenvalue weighted by molar-refractivity contribution is 0.258. The molecule has 1 saturated heterocycles. The van der Waals surface area contributed by atoms with Crippen LogP contribution < -0.4 is 4.90 Å². The van der Waals surface area contributed by atoms with Gasteiger partial charge >= 0.3 is 0 Å². The topological polar surface area (TPSA) is 60.9 Å². The first kappa shape index (κ1) is 15.3. The third kappa shape index (κ3) is 4.77. The predicted octanol–water partition coefficient (Wildman–Crippen LogP) is 1.39. The first-order chi connectivity index (χ1) is 9.44. The van der Waals surface area contributed by atoms with Crippen LogP contribution in [0.5, 0.6) is 0 Å². The Morgan fingerprint density at radius 2 is 1.70 bits per heavy atom. The minimum atomic E-state index is -3.82. The average molecular weight is 298 g/mol. The predicted molar refractivity (Wildman–Crippen MR) is 80.9 cm³/mol. The van der Waals surface area contributed by atoms with Gasteiger partial charge in [0, 0.05) is 31.9 Å². The molecule has 1 aliphatic rings. The van der Waals surface area contributed by atoms with Crippen LogP contribution in [0.1, 0.15) is 12.0 Å². The summed E-state index contributed by atoms with van der Waals surface area (Å²) in [6.45, 7) is 6.57. The monoisotopic (exact) mass is 298 g/mol. The van der Waals surface area contributed by atoms with Crippen LogP contribution in [0.25, 0.3) is 0 Å². The quantitative estimate of drug-likeness (QED) is 0.833. The fourth-order valence-electron chi connectivity index (χ4n) is 2.46. The minimum absolute atomic E-state index is 0.148. The fraction of sp³-hybridized carbons (Fsp3) is 0.571. The fourth-order valence-corrected chi connectivity index (χ4v) is 2.95. The second-order valence-electron chi connectivity index (χ2n) is 5.30. The molecule has 6 heteroatoms. The summed E-state index contributed by atoms with van der Waals surface area (Å²) in [6, 6.07) is 8.52. The van der Waals surface area contributed by atoms with Gasteiger partial charge in [0.2, 0.25) is 0 Å². The van der Waals surface area contributed by atoms with E-state index in [1.165, 1.54) is 11.3 Å². The van der Waals surface area contributed by atoms with E-state index in [1.807, 2.05) is 0 Å². The van der Waals surface area contributed by atoms with Crippen molar-refractivity contribution in [2.45, 2.75) is 13.3 Å². The second-order valence-corrected chi connectivity index (χ2v) is 6.88. The van der Waals surface area contributed by atoms with Gasteiger partial charge in [-0.05, 0) is 32.0 Å². The van der Waals surface area contributed by atoms with Gasteiger partial charge in [-0.15, -0.1) is 0 Å². The molecular formula is C14H22N2O3S. The highest BCUT2D eigenvalue weighted by Crippen LogP contribution is 2.17. The van der Waals surface area contributed by atoms with Crippen molar-refractivity contribution in [1.82, 2.24) is 4.90 Å². The zero-order valence-electron chi connectivity index (χ0n) is 11.8. The Kier molecular flexibility index (Phi) is 5.01. The van der Waals surface area contributed by atoms with Gasteiger partial charge in [0.05, 0.1) is 5.75 Å². The molecule has 1 aliphatic heterocycles. The van der Waals surface area contributed by atoms with Gasteiger partial charge in [-0.25, -0.2) is 0 Å². The highest BCUT2D eigenvalue weighted by Gasteiger charge is 2.17. The molecule has 1 fully saturated rings. The van der Waals surface area contributed by atoms with Crippen molar-refractivity contribution in [1.29, 1.82) is 0 Å². The Morgan fingerprint density at radius 1 is 1.10 bits per heavy atom. The molecule has 1 aromatic carbocycles. The smallest absolute Gasteiger partial charge is 0.264 e. The number of hydrogen-bond acceptors (Lipinski definition) is 4. The Balaban J connectivity index is 1.76. The molecule has 0 unspecified atom stereocenters. The number of hydrogen-bond donors (Lipinski definition) is 1. The molecule has 1 N–H and O–H groups in total. The maximum Gasteiger partial charge on any atom is 0.264 e. The van der Waals surface area contributed by atoms with E-state index in [-0.39, 0.29) is 5.75 Å². The van der Waals surface area contributed by atoms with Crippen molar-refractivity contribution in [3.05, 3.63) is 29.8 Å². The second kappa shape index (κ2) is 6.56. The standard InChI is InChI=1S/C14H22N2O3S/c1-13-3-5-14(6-4-13)16-10-8-15(9-11-16)7-2-12-20(17,18)19/h3-6H,2,7-12H2,1H3,(H,17,18,19). The lowest BCUT2D eigenvalue weighted by atomic mass is 10.2. The molecule has 2 rings (SSSR count). The molecular weight excluding hydrogens is 276 g/mol. The van der Waals surface area contributed by atoms with Crippen molar-refractivity contribution in [3.63, 3.8) is 0 Å². The maximum atomic E-state index is 10.7. The van der Waals surface area contributed by atoms with Crippen LogP contribution in [0.3, 0.4) is 0 Å². The summed E-state index contributed by atoms with van der Waals surface area (Å²) in [6.07, 6.45) is 0.489. The molecule has 0 atom stereocenters. The molecule has 0 saturated carbocycles. The number of rotatable bonds is 5. The SMILES string of the molecule is Cc1ccc(N2CCN(CCCS(=O)(=O)O)CC2)cc1. The summed E-state index contributed by atoms with van der Waals surface area (Å²) in [4.78, 5) is 4.59. The van der Waals surface area contributed by atoms with Crippen molar-refractivity contribution in [2.24, 2.45) is 0 Å². The largest absolute Gasteiger partial charge is 0.369 e. The molecule has 20 heavy (non-hydrogen) atoms. The molecule has 5 nitrogen and oxygen atoms in total. The molecule has 0 aromatic heterocycles. The van der Waals surface area contributed by atoms with E-state index < -0.39 is 10.1 Å². The Bertz CT molecular complexity index is 520. The third-order valence-electron chi connectivity index (χ3n) is 3.65. The summed E-state index contributed by atoms with van der Waals surface area (Å²) >= 11 is 0. The number of anilines is 1. The van der Waals surface area contributed by atoms with E-state index in [0.717, 1.165) is 32.7 Å². The van der Waals surface area contributed by atoms with Crippen LogP contribution in [0.4, 0.5) is 5.69 Å². The highest BCUT2D eigenvalue weighted by molar-refractivity contribution is 7.85. The minimum Gasteiger partial charge on any atom is -0.369 e. The molecule has 0 radical (unpaired) electrons. The zero-order valence-corrected chi connectivity index (χ0v) is 12.6. The molecule has 0 spiro atoms. The lowest BCUT2D eigenvalue weighted by Crippen LogP contribution is -2.46. The van der Waals surface area contributed by atoms with E-state index >= 15 is 0 Å². The van der Waals surface area contributed by atoms with Gasteiger partial charge < -0.3 is 4.90 Å². The van der Waals surface area contributed by atoms with E-state index in [9.17, 15) is 8.42 Å². The molecule has 0 bridgehead atoms. The number of benzene rings is 1. The highest BCUT2D eigenvalue weighted by atomic mass is 32.2. The molecule has 0 amide bonds. The Morgan fingerprint density at radius 3 is 2.25 bits per heavy atom. The summed E-state index contributed by atoms with van der Waals surface area (Å²) in [5, 5.41) is 0. The van der Waals surface area contributed by atoms with E-state index in [2.05, 4.69) is 41.0 Å². The Hall–Kier alpha value is -1.11.